The fourth-order valence-corrected chi connectivity index (χ4v) is 3.83. The Morgan fingerprint density at radius 1 is 1.14 bits per heavy atom. The number of carbonyl (C=O) groups is 3. The molecule has 1 fully saturated rings. The van der Waals surface area contributed by atoms with Gasteiger partial charge in [-0.25, -0.2) is 4.98 Å². The average Bonchev–Trinajstić information content (AvgIpc) is 3.22. The van der Waals surface area contributed by atoms with Crippen LogP contribution in [-0.2, 0) is 27.3 Å². The second-order valence-electron chi connectivity index (χ2n) is 7.20. The molecule has 2 aliphatic heterocycles. The van der Waals surface area contributed by atoms with Crippen LogP contribution in [0.2, 0.25) is 0 Å². The van der Waals surface area contributed by atoms with Gasteiger partial charge in [-0.15, -0.1) is 0 Å². The Hall–Kier alpha value is -3.16. The maximum Gasteiger partial charge on any atom is 0.245 e. The molecule has 1 aromatic carbocycles. The third-order valence-electron chi connectivity index (χ3n) is 5.24. The summed E-state index contributed by atoms with van der Waals surface area (Å²) in [5.41, 5.74) is 2.76. The number of amides is 3. The molecule has 0 spiro atoms. The van der Waals surface area contributed by atoms with Crippen molar-refractivity contribution in [3.63, 3.8) is 0 Å². The monoisotopic (exact) mass is 381 g/mol. The zero-order valence-corrected chi connectivity index (χ0v) is 15.8. The van der Waals surface area contributed by atoms with E-state index in [0.717, 1.165) is 22.8 Å². The summed E-state index contributed by atoms with van der Waals surface area (Å²) in [6, 6.07) is 7.26. The zero-order valence-electron chi connectivity index (χ0n) is 15.8. The number of nitrogens with one attached hydrogen (secondary N) is 2. The molecule has 3 amide bonds. The molecular weight excluding hydrogens is 358 g/mol. The van der Waals surface area contributed by atoms with E-state index >= 15 is 0 Å². The minimum Gasteiger partial charge on any atom is -0.344 e. The van der Waals surface area contributed by atoms with E-state index in [-0.39, 0.29) is 17.7 Å². The van der Waals surface area contributed by atoms with Crippen molar-refractivity contribution in [3.8, 4) is 11.3 Å². The zero-order chi connectivity index (χ0) is 19.7. The van der Waals surface area contributed by atoms with E-state index in [1.54, 1.807) is 0 Å². The molecule has 1 saturated heterocycles. The Morgan fingerprint density at radius 3 is 2.61 bits per heavy atom. The SMILES string of the molecule is CC(=O)Nc1ccc(-c2cnc3n2CCN(C(=O)[C@H]2CCC(=O)N2)CC3)cc1. The third-order valence-corrected chi connectivity index (χ3v) is 5.24. The number of nitrogens with zero attached hydrogens (tertiary/aromatic N) is 3. The van der Waals surface area contributed by atoms with Crippen molar-refractivity contribution >= 4 is 23.4 Å². The number of aromatic nitrogens is 2. The fourth-order valence-electron chi connectivity index (χ4n) is 3.83. The number of anilines is 1. The molecule has 0 aliphatic carbocycles. The molecule has 0 bridgehead atoms. The largest absolute Gasteiger partial charge is 0.344 e. The molecule has 0 radical (unpaired) electrons. The second kappa shape index (κ2) is 7.46. The Bertz CT molecular complexity index is 918. The lowest BCUT2D eigenvalue weighted by atomic mass is 10.1. The lowest BCUT2D eigenvalue weighted by molar-refractivity contribution is -0.134. The van der Waals surface area contributed by atoms with Gasteiger partial charge in [0.2, 0.25) is 17.7 Å². The van der Waals surface area contributed by atoms with E-state index in [9.17, 15) is 14.4 Å². The van der Waals surface area contributed by atoms with Crippen LogP contribution in [0.3, 0.4) is 0 Å². The number of rotatable bonds is 3. The first kappa shape index (κ1) is 18.2. The van der Waals surface area contributed by atoms with Crippen molar-refractivity contribution in [2.75, 3.05) is 18.4 Å². The summed E-state index contributed by atoms with van der Waals surface area (Å²) in [6.45, 7) is 3.33. The predicted octanol–water partition coefficient (Wildman–Crippen LogP) is 1.17. The lowest BCUT2D eigenvalue weighted by Crippen LogP contribution is -2.45. The molecule has 1 aromatic heterocycles. The van der Waals surface area contributed by atoms with Gasteiger partial charge in [0.25, 0.3) is 0 Å². The minimum atomic E-state index is -0.390. The lowest BCUT2D eigenvalue weighted by Gasteiger charge is -2.23. The molecule has 8 nitrogen and oxygen atoms in total. The van der Waals surface area contributed by atoms with E-state index in [1.165, 1.54) is 6.92 Å². The number of fused-ring (bicyclic) bond motifs is 1. The number of hydrogen-bond acceptors (Lipinski definition) is 4. The summed E-state index contributed by atoms with van der Waals surface area (Å²) in [5, 5.41) is 5.52. The molecular formula is C20H23N5O3. The molecule has 0 saturated carbocycles. The third kappa shape index (κ3) is 3.62. The molecule has 3 heterocycles. The van der Waals surface area contributed by atoms with Crippen LogP contribution in [0, 0.1) is 0 Å². The summed E-state index contributed by atoms with van der Waals surface area (Å²) >= 11 is 0. The normalized spacial score (nSPS) is 19.0. The van der Waals surface area contributed by atoms with E-state index in [4.69, 9.17) is 0 Å². The summed E-state index contributed by atoms with van der Waals surface area (Å²) in [6.07, 6.45) is 3.53. The van der Waals surface area contributed by atoms with Crippen LogP contribution < -0.4 is 10.6 Å². The van der Waals surface area contributed by atoms with Crippen LogP contribution >= 0.6 is 0 Å². The van der Waals surface area contributed by atoms with Gasteiger partial charge in [-0.05, 0) is 24.1 Å². The van der Waals surface area contributed by atoms with Gasteiger partial charge in [-0.3, -0.25) is 14.4 Å². The van der Waals surface area contributed by atoms with Crippen LogP contribution in [0.15, 0.2) is 30.5 Å². The van der Waals surface area contributed by atoms with Gasteiger partial charge in [-0.1, -0.05) is 12.1 Å². The summed E-state index contributed by atoms with van der Waals surface area (Å²) in [5.74, 6) is 0.796. The molecule has 1 atom stereocenters. The van der Waals surface area contributed by atoms with Crippen LogP contribution in [0.1, 0.15) is 25.6 Å². The Balaban J connectivity index is 1.48. The molecule has 2 aliphatic rings. The van der Waals surface area contributed by atoms with Crippen molar-refractivity contribution in [2.24, 2.45) is 0 Å². The highest BCUT2D eigenvalue weighted by atomic mass is 16.2. The first-order valence-electron chi connectivity index (χ1n) is 9.52. The van der Waals surface area contributed by atoms with Crippen LogP contribution in [0.25, 0.3) is 11.3 Å². The van der Waals surface area contributed by atoms with E-state index in [2.05, 4.69) is 20.2 Å². The predicted molar refractivity (Wildman–Crippen MR) is 103 cm³/mol. The minimum absolute atomic E-state index is 0.00202. The number of benzene rings is 1. The summed E-state index contributed by atoms with van der Waals surface area (Å²) in [7, 11) is 0. The van der Waals surface area contributed by atoms with E-state index < -0.39 is 6.04 Å². The van der Waals surface area contributed by atoms with Crippen LogP contribution in [0.4, 0.5) is 5.69 Å². The smallest absolute Gasteiger partial charge is 0.245 e. The first-order chi connectivity index (χ1) is 13.5. The van der Waals surface area contributed by atoms with Crippen LogP contribution in [0.5, 0.6) is 0 Å². The van der Waals surface area contributed by atoms with Crippen molar-refractivity contribution < 1.29 is 14.4 Å². The highest BCUT2D eigenvalue weighted by Crippen LogP contribution is 2.25. The standard InChI is InChI=1S/C20H23N5O3/c1-13(26)22-15-4-2-14(3-5-15)17-12-21-18-8-9-24(10-11-25(17)18)20(28)16-6-7-19(27)23-16/h2-5,12,16H,6-11H2,1H3,(H,22,26)(H,23,27)/t16-/m1/s1. The summed E-state index contributed by atoms with van der Waals surface area (Å²) in [4.78, 5) is 41.7. The number of carbonyl (C=O) groups excluding carboxylic acids is 3. The molecule has 2 N–H and O–H groups in total. The Morgan fingerprint density at radius 2 is 1.93 bits per heavy atom. The average molecular weight is 381 g/mol. The van der Waals surface area contributed by atoms with Gasteiger partial charge in [0.05, 0.1) is 11.9 Å². The van der Waals surface area contributed by atoms with Gasteiger partial charge in [0.1, 0.15) is 11.9 Å². The van der Waals surface area contributed by atoms with Gasteiger partial charge in [-0.2, -0.15) is 0 Å². The molecule has 0 unspecified atom stereocenters. The Labute approximate surface area is 162 Å². The van der Waals surface area contributed by atoms with Gasteiger partial charge < -0.3 is 20.1 Å². The second-order valence-corrected chi connectivity index (χ2v) is 7.20. The highest BCUT2D eigenvalue weighted by Gasteiger charge is 2.31. The molecule has 146 valence electrons. The number of hydrogen-bond donors (Lipinski definition) is 2. The molecule has 8 heteroatoms. The van der Waals surface area contributed by atoms with E-state index in [0.29, 0.717) is 38.9 Å². The Kier molecular flexibility index (Phi) is 4.85. The maximum atomic E-state index is 12.7. The maximum absolute atomic E-state index is 12.7. The molecule has 4 rings (SSSR count). The van der Waals surface area contributed by atoms with Crippen molar-refractivity contribution in [3.05, 3.63) is 36.3 Å². The first-order valence-corrected chi connectivity index (χ1v) is 9.52. The fraction of sp³-hybridized carbons (Fsp3) is 0.400. The molecule has 2 aromatic rings. The van der Waals surface area contributed by atoms with E-state index in [1.807, 2.05) is 35.4 Å². The molecule has 28 heavy (non-hydrogen) atoms. The van der Waals surface area contributed by atoms with Crippen molar-refractivity contribution in [1.29, 1.82) is 0 Å². The van der Waals surface area contributed by atoms with Gasteiger partial charge in [0.15, 0.2) is 0 Å². The quantitative estimate of drug-likeness (QED) is 0.834. The van der Waals surface area contributed by atoms with Gasteiger partial charge >= 0.3 is 0 Å². The van der Waals surface area contributed by atoms with Crippen molar-refractivity contribution in [1.82, 2.24) is 19.8 Å². The van der Waals surface area contributed by atoms with Gasteiger partial charge in [0, 0.05) is 45.1 Å². The van der Waals surface area contributed by atoms with Crippen LogP contribution in [-0.4, -0.2) is 51.3 Å². The van der Waals surface area contributed by atoms with Crippen molar-refractivity contribution in [2.45, 2.75) is 38.8 Å². The topological polar surface area (TPSA) is 96.3 Å². The highest BCUT2D eigenvalue weighted by molar-refractivity contribution is 5.91. The summed E-state index contributed by atoms with van der Waals surface area (Å²) < 4.78 is 2.15. The number of imidazole rings is 1.